The lowest BCUT2D eigenvalue weighted by Crippen LogP contribution is -1.92. The number of halogens is 1. The molecule has 0 unspecified atom stereocenters. The zero-order valence-corrected chi connectivity index (χ0v) is 11.3. The largest absolute Gasteiger partial charge is 0.361 e. The maximum absolute atomic E-state index is 11.2. The van der Waals surface area contributed by atoms with Gasteiger partial charge in [0.25, 0.3) is 5.69 Å². The van der Waals surface area contributed by atoms with Crippen LogP contribution in [0.15, 0.2) is 53.1 Å². The van der Waals surface area contributed by atoms with Gasteiger partial charge in [0.2, 0.25) is 0 Å². The molecule has 0 aliphatic carbocycles. The quantitative estimate of drug-likeness (QED) is 0.558. The second kappa shape index (κ2) is 4.51. The number of nitrogens with one attached hydrogen (secondary N) is 1. The van der Waals surface area contributed by atoms with Gasteiger partial charge in [0.1, 0.15) is 0 Å². The van der Waals surface area contributed by atoms with Crippen LogP contribution in [0.3, 0.4) is 0 Å². The molecule has 94 valence electrons. The van der Waals surface area contributed by atoms with Gasteiger partial charge in [0.05, 0.1) is 15.0 Å². The van der Waals surface area contributed by atoms with Crippen molar-refractivity contribution in [3.05, 3.63) is 63.2 Å². The number of nitro benzene ring substituents is 1. The zero-order valence-electron chi connectivity index (χ0n) is 9.76. The van der Waals surface area contributed by atoms with E-state index in [-0.39, 0.29) is 10.6 Å². The summed E-state index contributed by atoms with van der Waals surface area (Å²) in [6.45, 7) is 0. The van der Waals surface area contributed by atoms with E-state index in [9.17, 15) is 10.1 Å². The number of nitro groups is 1. The maximum Gasteiger partial charge on any atom is 0.291 e. The number of para-hydroxylation sites is 2. The molecule has 0 amide bonds. The van der Waals surface area contributed by atoms with Crippen LogP contribution in [0.2, 0.25) is 0 Å². The molecule has 1 aromatic heterocycles. The lowest BCUT2D eigenvalue weighted by atomic mass is 10.0. The molecule has 0 aliphatic heterocycles. The minimum Gasteiger partial charge on any atom is -0.361 e. The monoisotopic (exact) mass is 316 g/mol. The minimum atomic E-state index is -0.360. The molecule has 0 fully saturated rings. The number of rotatable bonds is 2. The second-order valence-corrected chi connectivity index (χ2v) is 5.00. The van der Waals surface area contributed by atoms with E-state index in [0.29, 0.717) is 10.0 Å². The molecule has 0 saturated heterocycles. The molecule has 5 heteroatoms. The lowest BCUT2D eigenvalue weighted by molar-refractivity contribution is -0.385. The van der Waals surface area contributed by atoms with Crippen molar-refractivity contribution in [3.63, 3.8) is 0 Å². The maximum atomic E-state index is 11.2. The SMILES string of the molecule is O=[N+]([O-])c1c(Br)cccc1-c1c[nH]c2ccccc12. The van der Waals surface area contributed by atoms with Crippen LogP contribution in [0.1, 0.15) is 0 Å². The van der Waals surface area contributed by atoms with Crippen molar-refractivity contribution in [3.8, 4) is 11.1 Å². The van der Waals surface area contributed by atoms with E-state index >= 15 is 0 Å². The second-order valence-electron chi connectivity index (χ2n) is 4.14. The third-order valence-corrected chi connectivity index (χ3v) is 3.69. The lowest BCUT2D eigenvalue weighted by Gasteiger charge is -2.03. The molecule has 0 spiro atoms. The smallest absolute Gasteiger partial charge is 0.291 e. The van der Waals surface area contributed by atoms with Crippen molar-refractivity contribution in [2.75, 3.05) is 0 Å². The third kappa shape index (κ3) is 1.92. The van der Waals surface area contributed by atoms with Crippen molar-refractivity contribution in [1.29, 1.82) is 0 Å². The Kier molecular flexibility index (Phi) is 2.83. The van der Waals surface area contributed by atoms with Crippen LogP contribution in [0.5, 0.6) is 0 Å². The Morgan fingerprint density at radius 1 is 1.05 bits per heavy atom. The van der Waals surface area contributed by atoms with Gasteiger partial charge in [-0.2, -0.15) is 0 Å². The molecule has 0 aliphatic rings. The number of aromatic amines is 1. The summed E-state index contributed by atoms with van der Waals surface area (Å²) in [4.78, 5) is 14.0. The first-order valence-electron chi connectivity index (χ1n) is 5.68. The first-order valence-corrected chi connectivity index (χ1v) is 6.47. The summed E-state index contributed by atoms with van der Waals surface area (Å²) in [7, 11) is 0. The summed E-state index contributed by atoms with van der Waals surface area (Å²) in [6, 6.07) is 13.0. The van der Waals surface area contributed by atoms with E-state index in [2.05, 4.69) is 20.9 Å². The number of nitrogens with zero attached hydrogens (tertiary/aromatic N) is 1. The standard InChI is InChI=1S/C14H9BrN2O2/c15-12-6-3-5-10(14(12)17(18)19)11-8-16-13-7-2-1-4-9(11)13/h1-8,16H. The Morgan fingerprint density at radius 3 is 2.63 bits per heavy atom. The number of H-pyrrole nitrogens is 1. The van der Waals surface area contributed by atoms with E-state index in [4.69, 9.17) is 0 Å². The van der Waals surface area contributed by atoms with Gasteiger partial charge in [-0.05, 0) is 34.1 Å². The van der Waals surface area contributed by atoms with Crippen LogP contribution in [-0.4, -0.2) is 9.91 Å². The van der Waals surface area contributed by atoms with Crippen molar-refractivity contribution in [2.45, 2.75) is 0 Å². The molecular formula is C14H9BrN2O2. The summed E-state index contributed by atoms with van der Waals surface area (Å²) in [5, 5.41) is 12.2. The van der Waals surface area contributed by atoms with Gasteiger partial charge in [0, 0.05) is 22.7 Å². The Balaban J connectivity index is 2.33. The van der Waals surface area contributed by atoms with E-state index in [1.165, 1.54) is 0 Å². The molecule has 0 saturated carbocycles. The van der Waals surface area contributed by atoms with Crippen LogP contribution < -0.4 is 0 Å². The first kappa shape index (κ1) is 11.9. The molecule has 0 radical (unpaired) electrons. The normalized spacial score (nSPS) is 10.8. The highest BCUT2D eigenvalue weighted by atomic mass is 79.9. The molecule has 3 rings (SSSR count). The Labute approximate surface area is 117 Å². The average Bonchev–Trinajstić information content (AvgIpc) is 2.81. The van der Waals surface area contributed by atoms with Crippen LogP contribution in [0, 0.1) is 10.1 Å². The van der Waals surface area contributed by atoms with Crippen LogP contribution in [0.25, 0.3) is 22.0 Å². The molecule has 0 bridgehead atoms. The molecule has 1 N–H and O–H groups in total. The summed E-state index contributed by atoms with van der Waals surface area (Å²) in [6.07, 6.45) is 1.80. The molecule has 19 heavy (non-hydrogen) atoms. The van der Waals surface area contributed by atoms with E-state index in [0.717, 1.165) is 16.5 Å². The number of benzene rings is 2. The van der Waals surface area contributed by atoms with Gasteiger partial charge >= 0.3 is 0 Å². The van der Waals surface area contributed by atoms with Gasteiger partial charge in [0.15, 0.2) is 0 Å². The molecular weight excluding hydrogens is 308 g/mol. The summed E-state index contributed by atoms with van der Waals surface area (Å²) in [5.41, 5.74) is 2.50. The van der Waals surface area contributed by atoms with Crippen molar-refractivity contribution >= 4 is 32.5 Å². The number of hydrogen-bond acceptors (Lipinski definition) is 2. The summed E-state index contributed by atoms with van der Waals surface area (Å²) < 4.78 is 0.486. The fourth-order valence-electron chi connectivity index (χ4n) is 2.21. The van der Waals surface area contributed by atoms with Gasteiger partial charge in [-0.15, -0.1) is 0 Å². The Bertz CT molecular complexity index is 780. The minimum absolute atomic E-state index is 0.0900. The highest BCUT2D eigenvalue weighted by molar-refractivity contribution is 9.10. The Morgan fingerprint density at radius 2 is 1.84 bits per heavy atom. The fourth-order valence-corrected chi connectivity index (χ4v) is 2.72. The fraction of sp³-hybridized carbons (Fsp3) is 0. The van der Waals surface area contributed by atoms with Crippen LogP contribution in [-0.2, 0) is 0 Å². The van der Waals surface area contributed by atoms with Gasteiger partial charge in [-0.25, -0.2) is 0 Å². The first-order chi connectivity index (χ1) is 9.18. The van der Waals surface area contributed by atoms with E-state index < -0.39 is 0 Å². The summed E-state index contributed by atoms with van der Waals surface area (Å²) in [5.74, 6) is 0. The van der Waals surface area contributed by atoms with Gasteiger partial charge < -0.3 is 4.98 Å². The van der Waals surface area contributed by atoms with E-state index in [1.54, 1.807) is 24.4 Å². The van der Waals surface area contributed by atoms with E-state index in [1.807, 2.05) is 24.3 Å². The molecule has 0 atom stereocenters. The topological polar surface area (TPSA) is 58.9 Å². The predicted molar refractivity (Wildman–Crippen MR) is 78.1 cm³/mol. The highest BCUT2D eigenvalue weighted by Crippen LogP contribution is 2.38. The van der Waals surface area contributed by atoms with Gasteiger partial charge in [-0.3, -0.25) is 10.1 Å². The predicted octanol–water partition coefficient (Wildman–Crippen LogP) is 4.51. The third-order valence-electron chi connectivity index (χ3n) is 3.05. The molecule has 4 nitrogen and oxygen atoms in total. The molecule has 1 heterocycles. The molecule has 3 aromatic rings. The number of fused-ring (bicyclic) bond motifs is 1. The van der Waals surface area contributed by atoms with Crippen molar-refractivity contribution in [2.24, 2.45) is 0 Å². The molecule has 2 aromatic carbocycles. The van der Waals surface area contributed by atoms with Crippen molar-refractivity contribution < 1.29 is 4.92 Å². The van der Waals surface area contributed by atoms with Gasteiger partial charge in [-0.1, -0.05) is 24.3 Å². The van der Waals surface area contributed by atoms with Crippen LogP contribution in [0.4, 0.5) is 5.69 Å². The zero-order chi connectivity index (χ0) is 13.4. The highest BCUT2D eigenvalue weighted by Gasteiger charge is 2.20. The average molecular weight is 317 g/mol. The summed E-state index contributed by atoms with van der Waals surface area (Å²) >= 11 is 3.25. The number of aromatic nitrogens is 1. The Hall–Kier alpha value is -2.14. The number of hydrogen-bond donors (Lipinski definition) is 1. The van der Waals surface area contributed by atoms with Crippen LogP contribution >= 0.6 is 15.9 Å². The van der Waals surface area contributed by atoms with Crippen molar-refractivity contribution in [1.82, 2.24) is 4.98 Å².